The zero-order chi connectivity index (χ0) is 18.5. The molecule has 6 nitrogen and oxygen atoms in total. The third-order valence-electron chi connectivity index (χ3n) is 3.19. The molecule has 25 heavy (non-hydrogen) atoms. The fraction of sp³-hybridized carbons (Fsp3) is 0.632. The predicted octanol–water partition coefficient (Wildman–Crippen LogP) is 3.95. The summed E-state index contributed by atoms with van der Waals surface area (Å²) in [6.07, 6.45) is 3.54. The molecular formula is C19H32N2O4. The van der Waals surface area contributed by atoms with Crippen LogP contribution in [0.2, 0.25) is 0 Å². The smallest absolute Gasteiger partial charge is 0.412 e. The highest BCUT2D eigenvalue weighted by atomic mass is 16.6. The van der Waals surface area contributed by atoms with Crippen molar-refractivity contribution in [3.8, 4) is 5.75 Å². The van der Waals surface area contributed by atoms with Crippen LogP contribution in [0.15, 0.2) is 24.3 Å². The lowest BCUT2D eigenvalue weighted by atomic mass is 10.2. The average Bonchev–Trinajstić information content (AvgIpc) is 2.53. The van der Waals surface area contributed by atoms with Gasteiger partial charge in [-0.25, -0.2) is 4.79 Å². The maximum absolute atomic E-state index is 11.7. The van der Waals surface area contributed by atoms with Crippen molar-refractivity contribution in [1.82, 2.24) is 0 Å². The Morgan fingerprint density at radius 1 is 1.00 bits per heavy atom. The van der Waals surface area contributed by atoms with Gasteiger partial charge in [-0.2, -0.15) is 0 Å². The lowest BCUT2D eigenvalue weighted by molar-refractivity contribution is 0.0636. The first kappa shape index (κ1) is 21.3. The number of unbranched alkanes of at least 4 members (excludes halogenated alkanes) is 2. The van der Waals surface area contributed by atoms with E-state index in [1.165, 1.54) is 0 Å². The highest BCUT2D eigenvalue weighted by Crippen LogP contribution is 2.17. The molecule has 0 aliphatic carbocycles. The monoisotopic (exact) mass is 352 g/mol. The van der Waals surface area contributed by atoms with E-state index >= 15 is 0 Å². The number of nitrogens with two attached hydrogens (primary N) is 1. The Hall–Kier alpha value is -1.79. The fourth-order valence-electron chi connectivity index (χ4n) is 2.02. The molecule has 0 unspecified atom stereocenters. The first-order chi connectivity index (χ1) is 11.9. The Balaban J connectivity index is 2.15. The van der Waals surface area contributed by atoms with E-state index < -0.39 is 11.7 Å². The van der Waals surface area contributed by atoms with E-state index in [0.717, 1.165) is 44.6 Å². The maximum atomic E-state index is 11.7. The highest BCUT2D eigenvalue weighted by molar-refractivity contribution is 5.84. The van der Waals surface area contributed by atoms with Crippen molar-refractivity contribution in [2.24, 2.45) is 5.73 Å². The summed E-state index contributed by atoms with van der Waals surface area (Å²) in [6, 6.07) is 7.26. The lowest BCUT2D eigenvalue weighted by Gasteiger charge is -2.19. The van der Waals surface area contributed by atoms with Crippen LogP contribution in [0.4, 0.5) is 10.5 Å². The molecule has 1 aromatic carbocycles. The van der Waals surface area contributed by atoms with Crippen LogP contribution >= 0.6 is 0 Å². The van der Waals surface area contributed by atoms with Gasteiger partial charge in [0.2, 0.25) is 0 Å². The zero-order valence-corrected chi connectivity index (χ0v) is 15.7. The molecule has 0 aliphatic rings. The van der Waals surface area contributed by atoms with Gasteiger partial charge in [-0.3, -0.25) is 5.32 Å². The van der Waals surface area contributed by atoms with Gasteiger partial charge in [-0.1, -0.05) is 0 Å². The number of carbonyl (C=O) groups is 1. The van der Waals surface area contributed by atoms with Crippen molar-refractivity contribution in [3.63, 3.8) is 0 Å². The number of hydrogen-bond donors (Lipinski definition) is 2. The molecule has 0 heterocycles. The number of anilines is 1. The number of amides is 1. The van der Waals surface area contributed by atoms with Gasteiger partial charge in [-0.05, 0) is 77.3 Å². The average molecular weight is 352 g/mol. The minimum Gasteiger partial charge on any atom is -0.494 e. The summed E-state index contributed by atoms with van der Waals surface area (Å²) in [5.41, 5.74) is 5.56. The van der Waals surface area contributed by atoms with E-state index in [9.17, 15) is 4.79 Å². The van der Waals surface area contributed by atoms with E-state index in [1.54, 1.807) is 12.1 Å². The quantitative estimate of drug-likeness (QED) is 0.589. The molecule has 0 radical (unpaired) electrons. The molecule has 0 spiro atoms. The zero-order valence-electron chi connectivity index (χ0n) is 15.7. The highest BCUT2D eigenvalue weighted by Gasteiger charge is 2.16. The van der Waals surface area contributed by atoms with Gasteiger partial charge in [0.15, 0.2) is 0 Å². The van der Waals surface area contributed by atoms with Crippen LogP contribution < -0.4 is 15.8 Å². The van der Waals surface area contributed by atoms with Gasteiger partial charge in [0, 0.05) is 18.9 Å². The summed E-state index contributed by atoms with van der Waals surface area (Å²) in [7, 11) is 0. The summed E-state index contributed by atoms with van der Waals surface area (Å²) in [5, 5.41) is 2.69. The van der Waals surface area contributed by atoms with Crippen molar-refractivity contribution < 1.29 is 19.0 Å². The SMILES string of the molecule is CC(C)(C)OC(=O)Nc1ccc(OCCCCCOCCCN)cc1. The van der Waals surface area contributed by atoms with Crippen LogP contribution in [0, 0.1) is 0 Å². The van der Waals surface area contributed by atoms with Crippen molar-refractivity contribution >= 4 is 11.8 Å². The Morgan fingerprint density at radius 3 is 2.28 bits per heavy atom. The molecule has 1 amide bonds. The van der Waals surface area contributed by atoms with Gasteiger partial charge in [0.1, 0.15) is 11.4 Å². The van der Waals surface area contributed by atoms with Gasteiger partial charge in [0.05, 0.1) is 6.61 Å². The van der Waals surface area contributed by atoms with Crippen LogP contribution in [0.25, 0.3) is 0 Å². The number of hydrogen-bond acceptors (Lipinski definition) is 5. The normalized spacial score (nSPS) is 11.2. The van der Waals surface area contributed by atoms with Crippen LogP contribution in [-0.2, 0) is 9.47 Å². The Bertz CT molecular complexity index is 483. The Morgan fingerprint density at radius 2 is 1.64 bits per heavy atom. The minimum atomic E-state index is -0.511. The van der Waals surface area contributed by atoms with Crippen molar-refractivity contribution in [1.29, 1.82) is 0 Å². The minimum absolute atomic E-state index is 0.463. The van der Waals surface area contributed by atoms with Gasteiger partial charge in [0.25, 0.3) is 0 Å². The maximum Gasteiger partial charge on any atom is 0.412 e. The molecule has 0 bridgehead atoms. The van der Waals surface area contributed by atoms with Gasteiger partial charge in [-0.15, -0.1) is 0 Å². The van der Waals surface area contributed by atoms with Gasteiger partial charge >= 0.3 is 6.09 Å². The molecule has 0 saturated carbocycles. The molecular weight excluding hydrogens is 320 g/mol. The van der Waals surface area contributed by atoms with Crippen molar-refractivity contribution in [2.75, 3.05) is 31.7 Å². The van der Waals surface area contributed by atoms with Crippen LogP contribution in [0.5, 0.6) is 5.75 Å². The molecule has 0 fully saturated rings. The molecule has 1 aromatic rings. The molecule has 0 atom stereocenters. The van der Waals surface area contributed by atoms with Crippen LogP contribution in [0.1, 0.15) is 46.5 Å². The third-order valence-corrected chi connectivity index (χ3v) is 3.19. The predicted molar refractivity (Wildman–Crippen MR) is 100 cm³/mol. The second-order valence-corrected chi connectivity index (χ2v) is 6.81. The van der Waals surface area contributed by atoms with Crippen LogP contribution in [-0.4, -0.2) is 38.1 Å². The second kappa shape index (κ2) is 11.7. The first-order valence-electron chi connectivity index (χ1n) is 8.91. The first-order valence-corrected chi connectivity index (χ1v) is 8.91. The van der Waals surface area contributed by atoms with Crippen LogP contribution in [0.3, 0.4) is 0 Å². The van der Waals surface area contributed by atoms with E-state index in [1.807, 2.05) is 32.9 Å². The molecule has 6 heteroatoms. The standard InChI is InChI=1S/C19H32N2O4/c1-19(2,3)25-18(22)21-16-8-10-17(11-9-16)24-15-6-4-5-13-23-14-7-12-20/h8-11H,4-7,12-15,20H2,1-3H3,(H,21,22). The number of nitrogens with one attached hydrogen (secondary N) is 1. The lowest BCUT2D eigenvalue weighted by Crippen LogP contribution is -2.27. The molecule has 1 rings (SSSR count). The topological polar surface area (TPSA) is 82.8 Å². The summed E-state index contributed by atoms with van der Waals surface area (Å²) in [4.78, 5) is 11.7. The van der Waals surface area contributed by atoms with Crippen molar-refractivity contribution in [3.05, 3.63) is 24.3 Å². The number of benzene rings is 1. The summed E-state index contributed by atoms with van der Waals surface area (Å²) in [5.74, 6) is 0.786. The van der Waals surface area contributed by atoms with E-state index in [4.69, 9.17) is 19.9 Å². The molecule has 0 aromatic heterocycles. The largest absolute Gasteiger partial charge is 0.494 e. The van der Waals surface area contributed by atoms with E-state index in [-0.39, 0.29) is 0 Å². The van der Waals surface area contributed by atoms with Gasteiger partial charge < -0.3 is 19.9 Å². The summed E-state index contributed by atoms with van der Waals surface area (Å²) < 4.78 is 16.3. The van der Waals surface area contributed by atoms with E-state index in [2.05, 4.69) is 5.32 Å². The fourth-order valence-corrected chi connectivity index (χ4v) is 2.02. The molecule has 142 valence electrons. The molecule has 3 N–H and O–H groups in total. The molecule has 0 saturated heterocycles. The number of carbonyl (C=O) groups excluding carboxylic acids is 1. The van der Waals surface area contributed by atoms with E-state index in [0.29, 0.717) is 18.8 Å². The summed E-state index contributed by atoms with van der Waals surface area (Å²) >= 11 is 0. The second-order valence-electron chi connectivity index (χ2n) is 6.81. The number of rotatable bonds is 11. The Labute approximate surface area is 151 Å². The molecule has 0 aliphatic heterocycles. The summed E-state index contributed by atoms with van der Waals surface area (Å²) in [6.45, 7) is 8.37. The number of ether oxygens (including phenoxy) is 3. The van der Waals surface area contributed by atoms with Crippen molar-refractivity contribution in [2.45, 2.75) is 52.1 Å². The Kier molecular flexibility index (Phi) is 9.96. The third kappa shape index (κ3) is 11.4.